The van der Waals surface area contributed by atoms with Crippen molar-refractivity contribution in [2.24, 2.45) is 7.05 Å². The number of rotatable bonds is 2. The summed E-state index contributed by atoms with van der Waals surface area (Å²) < 4.78 is 2.67. The van der Waals surface area contributed by atoms with E-state index < -0.39 is 0 Å². The van der Waals surface area contributed by atoms with E-state index in [2.05, 4.69) is 15.9 Å². The first-order valence-corrected chi connectivity index (χ1v) is 7.76. The van der Waals surface area contributed by atoms with Gasteiger partial charge >= 0.3 is 0 Å². The van der Waals surface area contributed by atoms with Crippen molar-refractivity contribution in [2.45, 2.75) is 0 Å². The summed E-state index contributed by atoms with van der Waals surface area (Å²) in [7, 11) is 1.89. The van der Waals surface area contributed by atoms with Gasteiger partial charge in [-0.15, -0.1) is 0 Å². The molecule has 0 spiro atoms. The fourth-order valence-electron chi connectivity index (χ4n) is 2.33. The monoisotopic (exact) mass is 381 g/mol. The lowest BCUT2D eigenvalue weighted by atomic mass is 10.0. The van der Waals surface area contributed by atoms with E-state index in [0.717, 1.165) is 15.4 Å². The predicted molar refractivity (Wildman–Crippen MR) is 90.5 cm³/mol. The lowest BCUT2D eigenvalue weighted by Gasteiger charge is -2.02. The molecule has 0 bridgehead atoms. The van der Waals surface area contributed by atoms with Crippen LogP contribution in [-0.2, 0) is 7.05 Å². The van der Waals surface area contributed by atoms with Gasteiger partial charge in [-0.25, -0.2) is 0 Å². The molecule has 2 nitrogen and oxygen atoms in total. The highest BCUT2D eigenvalue weighted by Gasteiger charge is 2.16. The van der Waals surface area contributed by atoms with Gasteiger partial charge in [0.25, 0.3) is 0 Å². The first-order valence-electron chi connectivity index (χ1n) is 6.21. The Bertz CT molecular complexity index is 870. The van der Waals surface area contributed by atoms with Crippen LogP contribution in [-0.4, -0.2) is 10.4 Å². The number of aryl methyl sites for hydroxylation is 1. The van der Waals surface area contributed by atoms with Gasteiger partial charge in [0, 0.05) is 44.8 Å². The van der Waals surface area contributed by atoms with Crippen molar-refractivity contribution in [3.63, 3.8) is 0 Å². The number of carbonyl (C=O) groups is 1. The summed E-state index contributed by atoms with van der Waals surface area (Å²) in [6.45, 7) is 0. The molecular weight excluding hydrogens is 373 g/mol. The van der Waals surface area contributed by atoms with Crippen molar-refractivity contribution in [1.29, 1.82) is 0 Å². The number of hydrogen-bond acceptors (Lipinski definition) is 1. The second-order valence-corrected chi connectivity index (χ2v) is 6.47. The van der Waals surface area contributed by atoms with Crippen LogP contribution < -0.4 is 0 Å². The summed E-state index contributed by atoms with van der Waals surface area (Å²) in [5, 5.41) is 2.05. The zero-order valence-corrected chi connectivity index (χ0v) is 14.1. The molecule has 0 fully saturated rings. The zero-order chi connectivity index (χ0) is 15.1. The van der Waals surface area contributed by atoms with Gasteiger partial charge in [0.2, 0.25) is 0 Å². The second kappa shape index (κ2) is 5.48. The Balaban J connectivity index is 2.15. The minimum absolute atomic E-state index is 0.0580. The Morgan fingerprint density at radius 2 is 1.90 bits per heavy atom. The summed E-state index contributed by atoms with van der Waals surface area (Å²) >= 11 is 15.4. The Hall–Kier alpha value is -1.29. The summed E-state index contributed by atoms with van der Waals surface area (Å²) in [6.07, 6.45) is 1.82. The SMILES string of the molecule is Cn1cc(C(=O)c2ccc(Br)c(Cl)c2)c2ccc(Cl)cc21. The van der Waals surface area contributed by atoms with Crippen LogP contribution in [0.15, 0.2) is 47.1 Å². The lowest BCUT2D eigenvalue weighted by molar-refractivity contribution is 0.104. The zero-order valence-electron chi connectivity index (χ0n) is 11.0. The molecule has 0 amide bonds. The fraction of sp³-hybridized carbons (Fsp3) is 0.0625. The fourth-order valence-corrected chi connectivity index (χ4v) is 2.92. The highest BCUT2D eigenvalue weighted by molar-refractivity contribution is 9.10. The van der Waals surface area contributed by atoms with Crippen LogP contribution in [0.3, 0.4) is 0 Å². The van der Waals surface area contributed by atoms with E-state index in [9.17, 15) is 4.79 Å². The van der Waals surface area contributed by atoms with Crippen LogP contribution in [0.4, 0.5) is 0 Å². The molecule has 5 heteroatoms. The molecule has 0 radical (unpaired) electrons. The molecule has 0 aliphatic heterocycles. The minimum atomic E-state index is -0.0580. The first-order chi connectivity index (χ1) is 9.97. The lowest BCUT2D eigenvalue weighted by Crippen LogP contribution is -2.00. The normalized spacial score (nSPS) is 11.0. The molecule has 1 heterocycles. The van der Waals surface area contributed by atoms with Crippen LogP contribution in [0, 0.1) is 0 Å². The molecule has 0 unspecified atom stereocenters. The molecule has 2 aromatic carbocycles. The molecule has 0 aliphatic carbocycles. The Labute approximate surface area is 140 Å². The van der Waals surface area contributed by atoms with E-state index in [-0.39, 0.29) is 5.78 Å². The molecule has 0 aliphatic rings. The van der Waals surface area contributed by atoms with E-state index in [1.807, 2.05) is 29.9 Å². The van der Waals surface area contributed by atoms with Crippen molar-refractivity contribution in [3.8, 4) is 0 Å². The molecule has 3 rings (SSSR count). The van der Waals surface area contributed by atoms with Crippen LogP contribution in [0.1, 0.15) is 15.9 Å². The molecule has 3 aromatic rings. The second-order valence-electron chi connectivity index (χ2n) is 4.77. The number of ketones is 1. The van der Waals surface area contributed by atoms with Gasteiger partial charge in [-0.3, -0.25) is 4.79 Å². The van der Waals surface area contributed by atoms with Gasteiger partial charge in [-0.05, 0) is 46.3 Å². The van der Waals surface area contributed by atoms with Crippen LogP contribution in [0.5, 0.6) is 0 Å². The van der Waals surface area contributed by atoms with E-state index >= 15 is 0 Å². The molecule has 106 valence electrons. The third kappa shape index (κ3) is 2.61. The molecule has 21 heavy (non-hydrogen) atoms. The summed E-state index contributed by atoms with van der Waals surface area (Å²) in [4.78, 5) is 12.7. The van der Waals surface area contributed by atoms with Crippen LogP contribution in [0.2, 0.25) is 10.0 Å². The average Bonchev–Trinajstić information content (AvgIpc) is 2.78. The molecule has 1 aromatic heterocycles. The number of aromatic nitrogens is 1. The maximum absolute atomic E-state index is 12.7. The molecule has 0 saturated heterocycles. The van der Waals surface area contributed by atoms with Crippen molar-refractivity contribution in [1.82, 2.24) is 4.57 Å². The maximum Gasteiger partial charge on any atom is 0.195 e. The highest BCUT2D eigenvalue weighted by Crippen LogP contribution is 2.28. The van der Waals surface area contributed by atoms with Gasteiger partial charge < -0.3 is 4.57 Å². The van der Waals surface area contributed by atoms with Gasteiger partial charge in [-0.2, -0.15) is 0 Å². The maximum atomic E-state index is 12.7. The van der Waals surface area contributed by atoms with Gasteiger partial charge in [0.1, 0.15) is 0 Å². The first kappa shape index (κ1) is 14.6. The Kier molecular flexibility index (Phi) is 3.82. The van der Waals surface area contributed by atoms with Crippen molar-refractivity contribution < 1.29 is 4.79 Å². The predicted octanol–water partition coefficient (Wildman–Crippen LogP) is 5.48. The van der Waals surface area contributed by atoms with Gasteiger partial charge in [0.05, 0.1) is 5.02 Å². The van der Waals surface area contributed by atoms with Crippen LogP contribution in [0.25, 0.3) is 10.9 Å². The molecular formula is C16H10BrCl2NO. The standard InChI is InChI=1S/C16H10BrCl2NO/c1-20-8-12(11-4-3-10(18)7-15(11)20)16(21)9-2-5-13(17)14(19)6-9/h2-8H,1H3. The van der Waals surface area contributed by atoms with Crippen LogP contribution >= 0.6 is 39.1 Å². The number of hydrogen-bond donors (Lipinski definition) is 0. The van der Waals surface area contributed by atoms with E-state index in [1.165, 1.54) is 0 Å². The molecule has 0 atom stereocenters. The number of carbonyl (C=O) groups excluding carboxylic acids is 1. The molecule has 0 N–H and O–H groups in total. The number of nitrogens with zero attached hydrogens (tertiary/aromatic N) is 1. The average molecular weight is 383 g/mol. The van der Waals surface area contributed by atoms with E-state index in [1.54, 1.807) is 24.3 Å². The third-order valence-corrected chi connectivity index (χ3v) is 4.85. The van der Waals surface area contributed by atoms with Gasteiger partial charge in [-0.1, -0.05) is 29.3 Å². The number of halogens is 3. The van der Waals surface area contributed by atoms with E-state index in [4.69, 9.17) is 23.2 Å². The highest BCUT2D eigenvalue weighted by atomic mass is 79.9. The van der Waals surface area contributed by atoms with Crippen molar-refractivity contribution in [2.75, 3.05) is 0 Å². The number of fused-ring (bicyclic) bond motifs is 1. The third-order valence-electron chi connectivity index (χ3n) is 3.38. The van der Waals surface area contributed by atoms with E-state index in [0.29, 0.717) is 21.2 Å². The van der Waals surface area contributed by atoms with Crippen molar-refractivity contribution in [3.05, 3.63) is 68.2 Å². The summed E-state index contributed by atoms with van der Waals surface area (Å²) in [6, 6.07) is 10.7. The minimum Gasteiger partial charge on any atom is -0.350 e. The van der Waals surface area contributed by atoms with Gasteiger partial charge in [0.15, 0.2) is 5.78 Å². The largest absolute Gasteiger partial charge is 0.350 e. The quantitative estimate of drug-likeness (QED) is 0.538. The topological polar surface area (TPSA) is 22.0 Å². The summed E-state index contributed by atoms with van der Waals surface area (Å²) in [5.41, 5.74) is 2.13. The Morgan fingerprint density at radius 3 is 2.62 bits per heavy atom. The number of benzene rings is 2. The molecule has 0 saturated carbocycles. The summed E-state index contributed by atoms with van der Waals surface area (Å²) in [5.74, 6) is -0.0580. The van der Waals surface area contributed by atoms with Crippen molar-refractivity contribution >= 4 is 55.8 Å². The Morgan fingerprint density at radius 1 is 1.14 bits per heavy atom. The smallest absolute Gasteiger partial charge is 0.195 e.